The molecule has 9 rings (SSSR count). The fraction of sp³-hybridized carbons (Fsp3) is 0.0732. The minimum Gasteiger partial charge on any atom is -0.309 e. The lowest BCUT2D eigenvalue weighted by molar-refractivity contribution is 1.18. The van der Waals surface area contributed by atoms with Crippen molar-refractivity contribution >= 4 is 67.6 Å². The van der Waals surface area contributed by atoms with Crippen molar-refractivity contribution in [2.75, 3.05) is 0 Å². The second-order valence-corrected chi connectivity index (χ2v) is 18.2. The van der Waals surface area contributed by atoms with Crippen LogP contribution in [-0.2, 0) is 0 Å². The Morgan fingerprint density at radius 1 is 0.409 bits per heavy atom. The molecule has 7 aromatic carbocycles. The van der Waals surface area contributed by atoms with E-state index in [1.807, 2.05) is 0 Å². The van der Waals surface area contributed by atoms with Crippen molar-refractivity contribution in [2.24, 2.45) is 0 Å². The summed E-state index contributed by atoms with van der Waals surface area (Å²) in [4.78, 5) is 0. The number of para-hydroxylation sites is 2. The number of benzene rings is 7. The van der Waals surface area contributed by atoms with Gasteiger partial charge in [0.25, 0.3) is 0 Å². The summed E-state index contributed by atoms with van der Waals surface area (Å²) >= 11 is 0. The maximum absolute atomic E-state index is 2.43. The first-order valence-electron chi connectivity index (χ1n) is 15.4. The molecule has 0 spiro atoms. The molecule has 0 radical (unpaired) electrons. The molecule has 0 atom stereocenters. The zero-order chi connectivity index (χ0) is 29.6. The van der Waals surface area contributed by atoms with Crippen LogP contribution in [0.2, 0.25) is 19.6 Å². The Kier molecular flexibility index (Phi) is 5.30. The van der Waals surface area contributed by atoms with Crippen molar-refractivity contribution in [1.29, 1.82) is 0 Å². The first-order chi connectivity index (χ1) is 21.5. The van der Waals surface area contributed by atoms with E-state index in [4.69, 9.17) is 0 Å². The number of aromatic nitrogens is 2. The summed E-state index contributed by atoms with van der Waals surface area (Å²) in [5.41, 5.74) is 9.85. The van der Waals surface area contributed by atoms with Gasteiger partial charge in [0.05, 0.1) is 30.1 Å². The lowest BCUT2D eigenvalue weighted by Crippen LogP contribution is -2.37. The molecule has 9 aromatic rings. The van der Waals surface area contributed by atoms with Crippen molar-refractivity contribution in [1.82, 2.24) is 9.13 Å². The predicted molar refractivity (Wildman–Crippen MR) is 192 cm³/mol. The molecule has 0 amide bonds. The van der Waals surface area contributed by atoms with Crippen LogP contribution in [0.5, 0.6) is 0 Å². The molecular weight excluding hydrogens is 549 g/mol. The van der Waals surface area contributed by atoms with Gasteiger partial charge in [0, 0.05) is 32.9 Å². The molecule has 44 heavy (non-hydrogen) atoms. The lowest BCUT2D eigenvalue weighted by atomic mass is 9.96. The normalized spacial score (nSPS) is 12.4. The van der Waals surface area contributed by atoms with Gasteiger partial charge in [0.2, 0.25) is 0 Å². The average Bonchev–Trinajstić information content (AvgIpc) is 3.57. The summed E-state index contributed by atoms with van der Waals surface area (Å²) in [5, 5.41) is 9.29. The van der Waals surface area contributed by atoms with Crippen LogP contribution in [-0.4, -0.2) is 17.2 Å². The standard InChI is InChI=1S/C41H32N2Si/c1-44(2,3)33-21-19-32(20-22-33)42-36-14-8-7-13-34(36)35-25-28(18-23-37(35)42)30-24-29-17-16-27-10-9-15-38-40(27)41(29)39(26-30)43(38)31-11-5-4-6-12-31/h4-26H,1-3H3. The van der Waals surface area contributed by atoms with Crippen molar-refractivity contribution in [3.8, 4) is 22.5 Å². The molecule has 0 saturated carbocycles. The SMILES string of the molecule is C[Si](C)(C)c1ccc(-n2c3ccccc3c3cc(-c4cc5ccc6cccc7c6c5c(c4)n7-c4ccccc4)ccc32)cc1. The molecule has 3 heteroatoms. The number of rotatable bonds is 4. The van der Waals surface area contributed by atoms with E-state index in [-0.39, 0.29) is 0 Å². The summed E-state index contributed by atoms with van der Waals surface area (Å²) in [6, 6.07) is 51.8. The molecule has 2 aromatic heterocycles. The highest BCUT2D eigenvalue weighted by Crippen LogP contribution is 2.42. The lowest BCUT2D eigenvalue weighted by Gasteiger charge is -2.17. The van der Waals surface area contributed by atoms with Crippen LogP contribution >= 0.6 is 0 Å². The third-order valence-electron chi connectivity index (χ3n) is 9.41. The van der Waals surface area contributed by atoms with Crippen LogP contribution < -0.4 is 5.19 Å². The van der Waals surface area contributed by atoms with E-state index in [2.05, 4.69) is 168 Å². The van der Waals surface area contributed by atoms with Crippen LogP contribution in [0.15, 0.2) is 140 Å². The first kappa shape index (κ1) is 25.4. The Labute approximate surface area is 257 Å². The van der Waals surface area contributed by atoms with Gasteiger partial charge >= 0.3 is 0 Å². The van der Waals surface area contributed by atoms with Crippen molar-refractivity contribution < 1.29 is 0 Å². The van der Waals surface area contributed by atoms with Gasteiger partial charge in [-0.2, -0.15) is 0 Å². The summed E-state index contributed by atoms with van der Waals surface area (Å²) in [6.07, 6.45) is 0. The van der Waals surface area contributed by atoms with Gasteiger partial charge in [-0.25, -0.2) is 0 Å². The van der Waals surface area contributed by atoms with E-state index in [0.717, 1.165) is 0 Å². The third kappa shape index (κ3) is 3.66. The minimum absolute atomic E-state index is 1.19. The highest BCUT2D eigenvalue weighted by atomic mass is 28.3. The Bertz CT molecular complexity index is 2510. The molecular formula is C41H32N2Si. The average molecular weight is 581 g/mol. The van der Waals surface area contributed by atoms with Crippen molar-refractivity contribution in [2.45, 2.75) is 19.6 Å². The number of hydrogen-bond acceptors (Lipinski definition) is 0. The zero-order valence-corrected chi connectivity index (χ0v) is 26.2. The number of fused-ring (bicyclic) bond motifs is 3. The molecule has 2 heterocycles. The first-order valence-corrected chi connectivity index (χ1v) is 18.9. The van der Waals surface area contributed by atoms with Crippen LogP contribution in [0.3, 0.4) is 0 Å². The highest BCUT2D eigenvalue weighted by molar-refractivity contribution is 6.88. The van der Waals surface area contributed by atoms with Crippen molar-refractivity contribution in [3.05, 3.63) is 140 Å². The van der Waals surface area contributed by atoms with Gasteiger partial charge in [0.1, 0.15) is 0 Å². The van der Waals surface area contributed by atoms with Gasteiger partial charge in [-0.3, -0.25) is 0 Å². The number of nitrogens with zero attached hydrogens (tertiary/aromatic N) is 2. The molecule has 0 N–H and O–H groups in total. The molecule has 2 nitrogen and oxygen atoms in total. The van der Waals surface area contributed by atoms with Gasteiger partial charge in [-0.1, -0.05) is 104 Å². The predicted octanol–water partition coefficient (Wildman–Crippen LogP) is 10.7. The topological polar surface area (TPSA) is 9.86 Å². The molecule has 0 aliphatic rings. The maximum Gasteiger partial charge on any atom is 0.0775 e. The van der Waals surface area contributed by atoms with Gasteiger partial charge in [-0.05, 0) is 82.6 Å². The molecule has 0 aliphatic carbocycles. The molecule has 0 saturated heterocycles. The van der Waals surface area contributed by atoms with Crippen molar-refractivity contribution in [3.63, 3.8) is 0 Å². The highest BCUT2D eigenvalue weighted by Gasteiger charge is 2.20. The summed E-state index contributed by atoms with van der Waals surface area (Å²) in [7, 11) is -1.37. The quantitative estimate of drug-likeness (QED) is 0.145. The Balaban J connectivity index is 1.29. The smallest absolute Gasteiger partial charge is 0.0775 e. The molecule has 0 aliphatic heterocycles. The van der Waals surface area contributed by atoms with Crippen LogP contribution in [0.1, 0.15) is 0 Å². The monoisotopic (exact) mass is 580 g/mol. The van der Waals surface area contributed by atoms with E-state index in [0.29, 0.717) is 0 Å². The van der Waals surface area contributed by atoms with E-state index < -0.39 is 8.07 Å². The summed E-state index contributed by atoms with van der Waals surface area (Å²) < 4.78 is 4.86. The van der Waals surface area contributed by atoms with Gasteiger partial charge < -0.3 is 9.13 Å². The van der Waals surface area contributed by atoms with E-state index >= 15 is 0 Å². The van der Waals surface area contributed by atoms with E-state index in [9.17, 15) is 0 Å². The second-order valence-electron chi connectivity index (χ2n) is 13.1. The molecule has 210 valence electrons. The molecule has 0 unspecified atom stereocenters. The Morgan fingerprint density at radius 3 is 1.89 bits per heavy atom. The molecule has 0 fully saturated rings. The largest absolute Gasteiger partial charge is 0.309 e. The second kappa shape index (κ2) is 9.19. The van der Waals surface area contributed by atoms with E-state index in [1.54, 1.807) is 0 Å². The van der Waals surface area contributed by atoms with Gasteiger partial charge in [-0.15, -0.1) is 0 Å². The zero-order valence-electron chi connectivity index (χ0n) is 25.2. The minimum atomic E-state index is -1.37. The fourth-order valence-electron chi connectivity index (χ4n) is 7.26. The van der Waals surface area contributed by atoms with Crippen LogP contribution in [0, 0.1) is 0 Å². The number of hydrogen-bond donors (Lipinski definition) is 0. The fourth-order valence-corrected chi connectivity index (χ4v) is 8.42. The summed E-state index contributed by atoms with van der Waals surface area (Å²) in [6.45, 7) is 7.22. The Hall–Kier alpha value is -5.12. The maximum atomic E-state index is 2.43. The van der Waals surface area contributed by atoms with E-state index in [1.165, 1.54) is 82.1 Å². The van der Waals surface area contributed by atoms with Crippen LogP contribution in [0.4, 0.5) is 0 Å². The third-order valence-corrected chi connectivity index (χ3v) is 11.5. The molecule has 0 bridgehead atoms. The summed E-state index contributed by atoms with van der Waals surface area (Å²) in [5.74, 6) is 0. The van der Waals surface area contributed by atoms with Crippen LogP contribution in [0.25, 0.3) is 76.9 Å². The van der Waals surface area contributed by atoms with Gasteiger partial charge in [0.15, 0.2) is 0 Å². The Morgan fingerprint density at radius 2 is 1.07 bits per heavy atom.